The average Bonchev–Trinajstić information content (AvgIpc) is 3.03. The van der Waals surface area contributed by atoms with Crippen LogP contribution in [0.4, 0.5) is 13.2 Å². The van der Waals surface area contributed by atoms with Crippen LogP contribution in [0.15, 0.2) is 53.6 Å². The number of hydrogen-bond donors (Lipinski definition) is 1. The van der Waals surface area contributed by atoms with Crippen molar-refractivity contribution >= 4 is 17.6 Å². The fraction of sp³-hybridized carbons (Fsp3) is 0.250. The number of carbonyl (C=O) groups is 1. The second kappa shape index (κ2) is 8.58. The number of ether oxygens (including phenoxy) is 2. The summed E-state index contributed by atoms with van der Waals surface area (Å²) >= 11 is 6.18. The van der Waals surface area contributed by atoms with Crippen molar-refractivity contribution in [2.45, 2.75) is 32.4 Å². The largest absolute Gasteiger partial charge is 0.573 e. The molecule has 0 aliphatic heterocycles. The van der Waals surface area contributed by atoms with Crippen LogP contribution in [0.3, 0.4) is 0 Å². The number of nitrogens with zero attached hydrogens (tertiary/aromatic N) is 3. The highest BCUT2D eigenvalue weighted by Gasteiger charge is 2.31. The van der Waals surface area contributed by atoms with Crippen LogP contribution in [-0.2, 0) is 11.3 Å². The zero-order chi connectivity index (χ0) is 23.7. The van der Waals surface area contributed by atoms with Crippen LogP contribution in [-0.4, -0.2) is 37.4 Å². The molecule has 0 fully saturated rings. The molecule has 12 heteroatoms. The number of aliphatic carboxylic acids is 1. The molecule has 0 saturated heterocycles. The molecule has 0 bridgehead atoms. The molecule has 0 saturated carbocycles. The maximum absolute atomic E-state index is 12.6. The normalized spacial score (nSPS) is 11.9. The van der Waals surface area contributed by atoms with Crippen molar-refractivity contribution in [1.29, 1.82) is 0 Å². The third-order valence-corrected chi connectivity index (χ3v) is 4.59. The maximum Gasteiger partial charge on any atom is 0.573 e. The van der Waals surface area contributed by atoms with E-state index in [0.29, 0.717) is 11.3 Å². The highest BCUT2D eigenvalue weighted by Crippen LogP contribution is 2.29. The van der Waals surface area contributed by atoms with Gasteiger partial charge in [-0.05, 0) is 55.8 Å². The van der Waals surface area contributed by atoms with E-state index >= 15 is 0 Å². The Balaban J connectivity index is 1.77. The molecule has 0 unspecified atom stereocenters. The van der Waals surface area contributed by atoms with Crippen LogP contribution in [0.25, 0.3) is 5.69 Å². The number of aromatic nitrogens is 3. The number of carboxylic acid groups (broad SMARTS) is 1. The second-order valence-electron chi connectivity index (χ2n) is 7.17. The van der Waals surface area contributed by atoms with Gasteiger partial charge in [-0.2, -0.15) is 5.10 Å². The molecule has 170 valence electrons. The van der Waals surface area contributed by atoms with Crippen molar-refractivity contribution in [3.8, 4) is 17.2 Å². The minimum absolute atomic E-state index is 0.0451. The second-order valence-corrected chi connectivity index (χ2v) is 7.57. The molecule has 0 atom stereocenters. The van der Waals surface area contributed by atoms with E-state index in [9.17, 15) is 22.8 Å². The van der Waals surface area contributed by atoms with Gasteiger partial charge >= 0.3 is 18.0 Å². The molecule has 1 aromatic heterocycles. The zero-order valence-corrected chi connectivity index (χ0v) is 17.5. The first kappa shape index (κ1) is 23.2. The van der Waals surface area contributed by atoms with E-state index < -0.39 is 29.4 Å². The van der Waals surface area contributed by atoms with Gasteiger partial charge in [0.25, 0.3) is 0 Å². The monoisotopic (exact) mass is 471 g/mol. The Hall–Kier alpha value is -3.47. The molecule has 8 nitrogen and oxygen atoms in total. The minimum Gasteiger partial charge on any atom is -0.478 e. The number of rotatable bonds is 7. The summed E-state index contributed by atoms with van der Waals surface area (Å²) in [6, 6.07) is 9.37. The summed E-state index contributed by atoms with van der Waals surface area (Å²) in [5.74, 6) is -1.40. The van der Waals surface area contributed by atoms with Crippen molar-refractivity contribution < 1.29 is 32.5 Å². The molecular weight excluding hydrogens is 455 g/mol. The van der Waals surface area contributed by atoms with E-state index in [1.54, 1.807) is 6.07 Å². The Bertz CT molecular complexity index is 1190. The number of hydrogen-bond acceptors (Lipinski definition) is 5. The molecular formula is C20H17ClF3N3O5. The lowest BCUT2D eigenvalue weighted by atomic mass is 10.1. The van der Waals surface area contributed by atoms with Gasteiger partial charge in [0.15, 0.2) is 5.60 Å². The molecule has 0 aliphatic carbocycles. The van der Waals surface area contributed by atoms with E-state index in [4.69, 9.17) is 21.4 Å². The summed E-state index contributed by atoms with van der Waals surface area (Å²) in [6.45, 7) is 2.81. The third-order valence-electron chi connectivity index (χ3n) is 4.29. The van der Waals surface area contributed by atoms with Gasteiger partial charge < -0.3 is 14.6 Å². The van der Waals surface area contributed by atoms with Gasteiger partial charge in [0, 0.05) is 0 Å². The molecule has 3 rings (SSSR count). The van der Waals surface area contributed by atoms with Crippen molar-refractivity contribution in [2.75, 3.05) is 0 Å². The molecule has 0 radical (unpaired) electrons. The predicted octanol–water partition coefficient (Wildman–Crippen LogP) is 3.88. The summed E-state index contributed by atoms with van der Waals surface area (Å²) in [7, 11) is 0. The van der Waals surface area contributed by atoms with Gasteiger partial charge in [-0.15, -0.1) is 13.2 Å². The van der Waals surface area contributed by atoms with Crippen molar-refractivity contribution in [3.05, 3.63) is 69.9 Å². The van der Waals surface area contributed by atoms with Crippen LogP contribution in [0.2, 0.25) is 5.02 Å². The highest BCUT2D eigenvalue weighted by molar-refractivity contribution is 6.32. The van der Waals surface area contributed by atoms with Gasteiger partial charge in [0.1, 0.15) is 17.8 Å². The Morgan fingerprint density at radius 1 is 1.12 bits per heavy atom. The summed E-state index contributed by atoms with van der Waals surface area (Å²) in [5.41, 5.74) is -1.12. The van der Waals surface area contributed by atoms with E-state index in [0.717, 1.165) is 21.4 Å². The lowest BCUT2D eigenvalue weighted by Gasteiger charge is -2.22. The van der Waals surface area contributed by atoms with Crippen LogP contribution in [0, 0.1) is 0 Å². The van der Waals surface area contributed by atoms with Gasteiger partial charge in [0.2, 0.25) is 0 Å². The average molecular weight is 472 g/mol. The highest BCUT2D eigenvalue weighted by atomic mass is 35.5. The SMILES string of the molecule is CC(C)(Oc1ccc(Cn2ncn(-c3ccc(OC(F)(F)F)cc3)c2=O)cc1Cl)C(=O)O. The summed E-state index contributed by atoms with van der Waals surface area (Å²) < 4.78 is 48.3. The maximum atomic E-state index is 12.6. The fourth-order valence-electron chi connectivity index (χ4n) is 2.65. The Morgan fingerprint density at radius 2 is 1.78 bits per heavy atom. The molecule has 0 amide bonds. The molecule has 0 spiro atoms. The van der Waals surface area contributed by atoms with E-state index in [2.05, 4.69) is 9.84 Å². The third kappa shape index (κ3) is 5.41. The summed E-state index contributed by atoms with van der Waals surface area (Å²) in [4.78, 5) is 23.8. The zero-order valence-electron chi connectivity index (χ0n) is 16.8. The smallest absolute Gasteiger partial charge is 0.478 e. The Labute approximate surface area is 184 Å². The van der Waals surface area contributed by atoms with E-state index in [1.165, 1.54) is 44.4 Å². The van der Waals surface area contributed by atoms with Gasteiger partial charge in [-0.1, -0.05) is 17.7 Å². The molecule has 1 N–H and O–H groups in total. The first-order chi connectivity index (χ1) is 14.9. The number of halogens is 4. The van der Waals surface area contributed by atoms with Crippen LogP contribution < -0.4 is 15.2 Å². The molecule has 32 heavy (non-hydrogen) atoms. The van der Waals surface area contributed by atoms with Crippen LogP contribution in [0.5, 0.6) is 11.5 Å². The fourth-order valence-corrected chi connectivity index (χ4v) is 2.89. The first-order valence-electron chi connectivity index (χ1n) is 9.07. The Morgan fingerprint density at radius 3 is 2.34 bits per heavy atom. The number of carboxylic acids is 1. The van der Waals surface area contributed by atoms with E-state index in [-0.39, 0.29) is 17.3 Å². The Kier molecular flexibility index (Phi) is 6.22. The van der Waals surface area contributed by atoms with Gasteiger partial charge in [-0.3, -0.25) is 0 Å². The number of alkyl halides is 3. The van der Waals surface area contributed by atoms with E-state index in [1.807, 2.05) is 0 Å². The lowest BCUT2D eigenvalue weighted by molar-refractivity contribution is -0.274. The minimum atomic E-state index is -4.81. The molecule has 1 heterocycles. The lowest BCUT2D eigenvalue weighted by Crippen LogP contribution is -2.37. The molecule has 3 aromatic rings. The number of benzene rings is 2. The summed E-state index contributed by atoms with van der Waals surface area (Å²) in [5, 5.41) is 13.3. The van der Waals surface area contributed by atoms with Gasteiger partial charge in [-0.25, -0.2) is 18.8 Å². The topological polar surface area (TPSA) is 95.6 Å². The molecule has 2 aromatic carbocycles. The van der Waals surface area contributed by atoms with Crippen molar-refractivity contribution in [1.82, 2.24) is 14.3 Å². The molecule has 0 aliphatic rings. The first-order valence-corrected chi connectivity index (χ1v) is 9.45. The predicted molar refractivity (Wildman–Crippen MR) is 107 cm³/mol. The van der Waals surface area contributed by atoms with Crippen molar-refractivity contribution in [3.63, 3.8) is 0 Å². The van der Waals surface area contributed by atoms with Crippen LogP contribution >= 0.6 is 11.6 Å². The quantitative estimate of drug-likeness (QED) is 0.562. The van der Waals surface area contributed by atoms with Crippen molar-refractivity contribution in [2.24, 2.45) is 0 Å². The summed E-state index contributed by atoms with van der Waals surface area (Å²) in [6.07, 6.45) is -3.58. The standard InChI is InChI=1S/C20H17ClF3N3O5/c1-19(2,17(28)29)32-16-8-3-12(9-15(16)21)10-27-18(30)26(11-25-27)13-4-6-14(7-5-13)31-20(22,23)24/h3-9,11H,10H2,1-2H3,(H,28,29). The van der Waals surface area contributed by atoms with Gasteiger partial charge in [0.05, 0.1) is 17.3 Å². The van der Waals surface area contributed by atoms with Crippen LogP contribution in [0.1, 0.15) is 19.4 Å².